The van der Waals surface area contributed by atoms with Gasteiger partial charge in [-0.25, -0.2) is 0 Å². The van der Waals surface area contributed by atoms with Crippen LogP contribution in [-0.4, -0.2) is 59.2 Å². The van der Waals surface area contributed by atoms with Crippen molar-refractivity contribution in [3.63, 3.8) is 0 Å². The third-order valence-corrected chi connectivity index (χ3v) is 7.26. The summed E-state index contributed by atoms with van der Waals surface area (Å²) in [7, 11) is 0. The average molecular weight is 401 g/mol. The van der Waals surface area contributed by atoms with Gasteiger partial charge < -0.3 is 14.7 Å². The quantitative estimate of drug-likeness (QED) is 0.818. The number of hydrogen-bond donors (Lipinski definition) is 1. The first-order valence-corrected chi connectivity index (χ1v) is 11.6. The molecule has 3 atom stereocenters. The van der Waals surface area contributed by atoms with Crippen molar-refractivity contribution in [3.8, 4) is 5.75 Å². The van der Waals surface area contributed by atoms with Crippen LogP contribution in [0, 0.1) is 5.92 Å². The summed E-state index contributed by atoms with van der Waals surface area (Å²) in [5, 5.41) is 11.5. The Hall–Kier alpha value is -1.59. The van der Waals surface area contributed by atoms with Crippen LogP contribution in [0.4, 0.5) is 0 Å². The fraction of sp³-hybridized carbons (Fsp3) is 0.708. The fourth-order valence-electron chi connectivity index (χ4n) is 5.76. The van der Waals surface area contributed by atoms with Crippen LogP contribution in [-0.2, 0) is 4.79 Å². The molecule has 3 fully saturated rings. The van der Waals surface area contributed by atoms with E-state index in [1.807, 2.05) is 24.0 Å². The molecule has 1 amide bonds. The number of rotatable bonds is 5. The predicted octanol–water partition coefficient (Wildman–Crippen LogP) is 3.77. The van der Waals surface area contributed by atoms with Crippen LogP contribution in [0.5, 0.6) is 5.75 Å². The lowest BCUT2D eigenvalue weighted by atomic mass is 9.66. The molecular formula is C24H36N2O3. The summed E-state index contributed by atoms with van der Waals surface area (Å²) in [4.78, 5) is 17.5. The molecule has 1 aromatic rings. The van der Waals surface area contributed by atoms with Crippen molar-refractivity contribution in [1.29, 1.82) is 0 Å². The maximum Gasteiger partial charge on any atom is 0.236 e. The molecule has 0 aromatic heterocycles. The molecule has 1 aliphatic carbocycles. The maximum absolute atomic E-state index is 13.1. The number of para-hydroxylation sites is 1. The lowest BCUT2D eigenvalue weighted by molar-refractivity contribution is -0.145. The van der Waals surface area contributed by atoms with E-state index in [4.69, 9.17) is 4.74 Å². The van der Waals surface area contributed by atoms with Gasteiger partial charge in [0, 0.05) is 37.2 Å². The van der Waals surface area contributed by atoms with Gasteiger partial charge in [0.25, 0.3) is 0 Å². The fourth-order valence-corrected chi connectivity index (χ4v) is 5.76. The normalized spacial score (nSPS) is 30.6. The zero-order valence-electron chi connectivity index (χ0n) is 17.8. The largest absolute Gasteiger partial charge is 0.494 e. The summed E-state index contributed by atoms with van der Waals surface area (Å²) >= 11 is 0. The van der Waals surface area contributed by atoms with Crippen molar-refractivity contribution in [2.24, 2.45) is 5.92 Å². The van der Waals surface area contributed by atoms with E-state index in [0.717, 1.165) is 75.9 Å². The van der Waals surface area contributed by atoms with Gasteiger partial charge >= 0.3 is 0 Å². The number of aliphatic hydroxyl groups is 1. The summed E-state index contributed by atoms with van der Waals surface area (Å²) in [5.41, 5.74) is 0.512. The molecule has 0 unspecified atom stereocenters. The molecule has 1 N–H and O–H groups in total. The minimum absolute atomic E-state index is 0.0329. The van der Waals surface area contributed by atoms with E-state index >= 15 is 0 Å². The van der Waals surface area contributed by atoms with E-state index in [2.05, 4.69) is 17.0 Å². The zero-order valence-corrected chi connectivity index (χ0v) is 17.8. The summed E-state index contributed by atoms with van der Waals surface area (Å²) < 4.78 is 5.97. The highest BCUT2D eigenvalue weighted by atomic mass is 16.5. The van der Waals surface area contributed by atoms with Crippen LogP contribution in [0.15, 0.2) is 24.3 Å². The molecule has 4 rings (SSSR count). The number of nitrogens with zero attached hydrogens (tertiary/aromatic N) is 2. The lowest BCUT2D eigenvalue weighted by Gasteiger charge is -2.53. The highest BCUT2D eigenvalue weighted by Gasteiger charge is 2.50. The second-order valence-corrected chi connectivity index (χ2v) is 9.03. The number of likely N-dealkylation sites (tertiary alicyclic amines) is 2. The lowest BCUT2D eigenvalue weighted by Crippen LogP contribution is -2.56. The number of ether oxygens (including phenoxy) is 1. The summed E-state index contributed by atoms with van der Waals surface area (Å²) in [6.45, 7) is 5.60. The summed E-state index contributed by atoms with van der Waals surface area (Å²) in [6.07, 6.45) is 8.35. The minimum Gasteiger partial charge on any atom is -0.494 e. The Morgan fingerprint density at radius 3 is 2.69 bits per heavy atom. The van der Waals surface area contributed by atoms with E-state index in [9.17, 15) is 9.90 Å². The van der Waals surface area contributed by atoms with Gasteiger partial charge in [0.05, 0.1) is 18.8 Å². The molecule has 29 heavy (non-hydrogen) atoms. The van der Waals surface area contributed by atoms with Gasteiger partial charge in [0.1, 0.15) is 5.75 Å². The van der Waals surface area contributed by atoms with Crippen molar-refractivity contribution in [2.75, 3.05) is 32.8 Å². The maximum atomic E-state index is 13.1. The Labute approximate surface area is 175 Å². The molecule has 1 aromatic carbocycles. The molecule has 2 aliphatic heterocycles. The number of amides is 1. The smallest absolute Gasteiger partial charge is 0.236 e. The molecule has 0 radical (unpaired) electrons. The monoisotopic (exact) mass is 400 g/mol. The Morgan fingerprint density at radius 1 is 1.10 bits per heavy atom. The van der Waals surface area contributed by atoms with Gasteiger partial charge in [-0.15, -0.1) is 0 Å². The second-order valence-electron chi connectivity index (χ2n) is 9.03. The van der Waals surface area contributed by atoms with Gasteiger partial charge in [0.15, 0.2) is 0 Å². The molecule has 2 heterocycles. The van der Waals surface area contributed by atoms with Crippen molar-refractivity contribution >= 4 is 5.91 Å². The molecule has 1 saturated carbocycles. The standard InChI is InChI=1S/C24H36N2O3/c1-2-29-21-12-5-4-10-19(21)23-20-11-6-7-13-24(20,28)14-17-26(23)18-22(27)25-15-8-3-9-16-25/h4-5,10,12,20,23,28H,2-3,6-9,11,13-18H2,1H3/t20-,23-,24+/m0/s1. The molecule has 2 saturated heterocycles. The van der Waals surface area contributed by atoms with Crippen LogP contribution in [0.3, 0.4) is 0 Å². The van der Waals surface area contributed by atoms with Crippen LogP contribution in [0.1, 0.15) is 69.9 Å². The number of benzene rings is 1. The summed E-state index contributed by atoms with van der Waals surface area (Å²) in [5.74, 6) is 1.29. The molecule has 5 heteroatoms. The van der Waals surface area contributed by atoms with Crippen molar-refractivity contribution in [3.05, 3.63) is 29.8 Å². The number of carbonyl (C=O) groups is 1. The minimum atomic E-state index is -0.618. The first kappa shape index (κ1) is 20.7. The Bertz CT molecular complexity index is 703. The van der Waals surface area contributed by atoms with Crippen LogP contribution in [0.2, 0.25) is 0 Å². The SMILES string of the molecule is CCOc1ccccc1[C@H]1[C@@H]2CCCC[C@@]2(O)CCN1CC(=O)N1CCCCC1. The number of hydrogen-bond acceptors (Lipinski definition) is 4. The molecule has 3 aliphatic rings. The van der Waals surface area contributed by atoms with E-state index in [1.165, 1.54) is 6.42 Å². The Balaban J connectivity index is 1.63. The first-order chi connectivity index (χ1) is 14.1. The van der Waals surface area contributed by atoms with E-state index < -0.39 is 5.60 Å². The van der Waals surface area contributed by atoms with Crippen molar-refractivity contribution in [2.45, 2.75) is 69.9 Å². The Morgan fingerprint density at radius 2 is 1.90 bits per heavy atom. The molecule has 160 valence electrons. The second kappa shape index (κ2) is 9.05. The first-order valence-electron chi connectivity index (χ1n) is 11.6. The van der Waals surface area contributed by atoms with Gasteiger partial charge in [0.2, 0.25) is 5.91 Å². The predicted molar refractivity (Wildman–Crippen MR) is 114 cm³/mol. The Kier molecular flexibility index (Phi) is 6.45. The third-order valence-electron chi connectivity index (χ3n) is 7.26. The van der Waals surface area contributed by atoms with E-state index in [-0.39, 0.29) is 17.9 Å². The molecule has 5 nitrogen and oxygen atoms in total. The molecule has 0 spiro atoms. The van der Waals surface area contributed by atoms with E-state index in [1.54, 1.807) is 0 Å². The number of piperidine rings is 2. The van der Waals surface area contributed by atoms with Crippen LogP contribution in [0.25, 0.3) is 0 Å². The van der Waals surface area contributed by atoms with Crippen molar-refractivity contribution in [1.82, 2.24) is 9.80 Å². The zero-order chi connectivity index (χ0) is 20.3. The van der Waals surface area contributed by atoms with E-state index in [0.29, 0.717) is 13.2 Å². The average Bonchev–Trinajstić information content (AvgIpc) is 2.75. The van der Waals surface area contributed by atoms with Gasteiger partial charge in [-0.05, 0) is 51.5 Å². The highest BCUT2D eigenvalue weighted by Crippen LogP contribution is 2.50. The third kappa shape index (κ3) is 4.31. The highest BCUT2D eigenvalue weighted by molar-refractivity contribution is 5.78. The molecular weight excluding hydrogens is 364 g/mol. The van der Waals surface area contributed by atoms with Crippen LogP contribution >= 0.6 is 0 Å². The topological polar surface area (TPSA) is 53.0 Å². The van der Waals surface area contributed by atoms with Crippen LogP contribution < -0.4 is 4.74 Å². The van der Waals surface area contributed by atoms with Crippen molar-refractivity contribution < 1.29 is 14.6 Å². The summed E-state index contributed by atoms with van der Waals surface area (Å²) in [6, 6.07) is 8.26. The van der Waals surface area contributed by atoms with Gasteiger partial charge in [-0.2, -0.15) is 0 Å². The number of carbonyl (C=O) groups excluding carboxylic acids is 1. The number of fused-ring (bicyclic) bond motifs is 1. The van der Waals surface area contributed by atoms with Gasteiger partial charge in [-0.1, -0.05) is 31.0 Å². The molecule has 0 bridgehead atoms. The van der Waals surface area contributed by atoms with Gasteiger partial charge in [-0.3, -0.25) is 9.69 Å².